The van der Waals surface area contributed by atoms with Gasteiger partial charge >= 0.3 is 5.97 Å². The average Bonchev–Trinajstić information content (AvgIpc) is 2.67. The SMILES string of the molecule is CSCCC(NC(=O)C(NC(=O)C(CCCCN)NC(=O)CN)C(C)C)C(=O)O. The number of nitrogens with one attached hydrogen (secondary N) is 3. The van der Waals surface area contributed by atoms with E-state index in [1.165, 1.54) is 11.8 Å². The van der Waals surface area contributed by atoms with Crippen molar-refractivity contribution < 1.29 is 24.3 Å². The minimum absolute atomic E-state index is 0.259. The molecule has 0 saturated carbocycles. The smallest absolute Gasteiger partial charge is 0.326 e. The summed E-state index contributed by atoms with van der Waals surface area (Å²) in [6.45, 7) is 3.68. The van der Waals surface area contributed by atoms with Crippen molar-refractivity contribution in [1.29, 1.82) is 0 Å². The van der Waals surface area contributed by atoms with Gasteiger partial charge in [-0.05, 0) is 50.2 Å². The van der Waals surface area contributed by atoms with Crippen LogP contribution in [0.2, 0.25) is 0 Å². The Kier molecular flexibility index (Phi) is 14.1. The van der Waals surface area contributed by atoms with Crippen molar-refractivity contribution in [3.63, 3.8) is 0 Å². The van der Waals surface area contributed by atoms with E-state index in [2.05, 4.69) is 16.0 Å². The second-order valence-electron chi connectivity index (χ2n) is 7.02. The van der Waals surface area contributed by atoms with E-state index in [9.17, 15) is 24.3 Å². The number of aliphatic carboxylic acids is 1. The van der Waals surface area contributed by atoms with Gasteiger partial charge in [0.05, 0.1) is 6.54 Å². The summed E-state index contributed by atoms with van der Waals surface area (Å²) in [5.74, 6) is -2.42. The molecule has 0 aliphatic carbocycles. The standard InChI is InChI=1S/C18H35N5O5S/c1-11(2)15(17(26)22-13(18(27)28)7-9-29-3)23-16(25)12(6-4-5-8-19)21-14(24)10-20/h11-13,15H,4-10,19-20H2,1-3H3,(H,21,24)(H,22,26)(H,23,25)(H,27,28). The molecular weight excluding hydrogens is 398 g/mol. The Morgan fingerprint density at radius 3 is 2.07 bits per heavy atom. The van der Waals surface area contributed by atoms with Gasteiger partial charge in [-0.15, -0.1) is 0 Å². The number of hydrogen-bond acceptors (Lipinski definition) is 7. The number of carboxylic acid groups (broad SMARTS) is 1. The molecule has 0 saturated heterocycles. The first-order valence-corrected chi connectivity index (χ1v) is 11.1. The molecule has 8 N–H and O–H groups in total. The zero-order chi connectivity index (χ0) is 22.4. The monoisotopic (exact) mass is 433 g/mol. The molecule has 0 bridgehead atoms. The van der Waals surface area contributed by atoms with Gasteiger partial charge in [0.2, 0.25) is 17.7 Å². The first-order valence-electron chi connectivity index (χ1n) is 9.69. The number of rotatable bonds is 15. The lowest BCUT2D eigenvalue weighted by Gasteiger charge is -2.26. The molecule has 0 spiro atoms. The number of carbonyl (C=O) groups is 4. The Hall–Kier alpha value is -1.85. The molecule has 0 aliphatic heterocycles. The van der Waals surface area contributed by atoms with Crippen LogP contribution in [0.3, 0.4) is 0 Å². The van der Waals surface area contributed by atoms with Crippen LogP contribution in [0.5, 0.6) is 0 Å². The van der Waals surface area contributed by atoms with Crippen molar-refractivity contribution in [2.75, 3.05) is 25.1 Å². The van der Waals surface area contributed by atoms with Gasteiger partial charge in [0.25, 0.3) is 0 Å². The largest absolute Gasteiger partial charge is 0.480 e. The number of thioether (sulfide) groups is 1. The summed E-state index contributed by atoms with van der Waals surface area (Å²) in [5.41, 5.74) is 10.8. The predicted octanol–water partition coefficient (Wildman–Crippen LogP) is -0.978. The summed E-state index contributed by atoms with van der Waals surface area (Å²) in [6.07, 6.45) is 3.78. The van der Waals surface area contributed by atoms with Crippen molar-refractivity contribution in [3.05, 3.63) is 0 Å². The Bertz CT molecular complexity index is 547. The summed E-state index contributed by atoms with van der Waals surface area (Å²) in [4.78, 5) is 48.4. The Morgan fingerprint density at radius 2 is 1.59 bits per heavy atom. The zero-order valence-electron chi connectivity index (χ0n) is 17.4. The summed E-state index contributed by atoms with van der Waals surface area (Å²) < 4.78 is 0. The number of hydrogen-bond donors (Lipinski definition) is 6. The highest BCUT2D eigenvalue weighted by Crippen LogP contribution is 2.08. The predicted molar refractivity (Wildman–Crippen MR) is 113 cm³/mol. The van der Waals surface area contributed by atoms with Crippen LogP contribution in [0.1, 0.15) is 39.5 Å². The van der Waals surface area contributed by atoms with Crippen LogP contribution in [0, 0.1) is 5.92 Å². The van der Waals surface area contributed by atoms with Crippen LogP contribution in [-0.2, 0) is 19.2 Å². The quantitative estimate of drug-likeness (QED) is 0.179. The fraction of sp³-hybridized carbons (Fsp3) is 0.778. The second-order valence-corrected chi connectivity index (χ2v) is 8.01. The van der Waals surface area contributed by atoms with Gasteiger partial charge < -0.3 is 32.5 Å². The van der Waals surface area contributed by atoms with Gasteiger partial charge in [0.15, 0.2) is 0 Å². The lowest BCUT2D eigenvalue weighted by molar-refractivity contribution is -0.142. The molecule has 0 heterocycles. The molecule has 0 aromatic carbocycles. The highest BCUT2D eigenvalue weighted by molar-refractivity contribution is 7.98. The molecule has 3 amide bonds. The van der Waals surface area contributed by atoms with Crippen LogP contribution in [-0.4, -0.2) is 72.0 Å². The van der Waals surface area contributed by atoms with E-state index in [0.717, 1.165) is 0 Å². The van der Waals surface area contributed by atoms with Gasteiger partial charge in [-0.25, -0.2) is 4.79 Å². The molecule has 11 heteroatoms. The maximum atomic E-state index is 12.7. The normalized spacial score (nSPS) is 14.0. The molecule has 0 radical (unpaired) electrons. The summed E-state index contributed by atoms with van der Waals surface area (Å²) in [6, 6.07) is -2.82. The third kappa shape index (κ3) is 11.1. The van der Waals surface area contributed by atoms with Crippen molar-refractivity contribution in [2.24, 2.45) is 17.4 Å². The van der Waals surface area contributed by atoms with Crippen LogP contribution < -0.4 is 27.4 Å². The fourth-order valence-corrected chi connectivity index (χ4v) is 3.03. The van der Waals surface area contributed by atoms with Gasteiger partial charge in [0, 0.05) is 0 Å². The minimum atomic E-state index is -1.13. The zero-order valence-corrected chi connectivity index (χ0v) is 18.2. The first-order chi connectivity index (χ1) is 13.7. The highest BCUT2D eigenvalue weighted by atomic mass is 32.2. The minimum Gasteiger partial charge on any atom is -0.480 e. The molecule has 29 heavy (non-hydrogen) atoms. The molecule has 3 atom stereocenters. The van der Waals surface area contributed by atoms with Gasteiger partial charge in [0.1, 0.15) is 18.1 Å². The molecule has 0 aliphatic rings. The van der Waals surface area contributed by atoms with E-state index in [-0.39, 0.29) is 18.9 Å². The van der Waals surface area contributed by atoms with Gasteiger partial charge in [-0.3, -0.25) is 14.4 Å². The average molecular weight is 434 g/mol. The molecule has 0 aromatic heterocycles. The fourth-order valence-electron chi connectivity index (χ4n) is 2.56. The molecule has 168 valence electrons. The molecule has 0 rings (SSSR count). The molecular formula is C18H35N5O5S. The van der Waals surface area contributed by atoms with E-state index in [1.54, 1.807) is 13.8 Å². The topological polar surface area (TPSA) is 177 Å². The van der Waals surface area contributed by atoms with E-state index < -0.39 is 41.8 Å². The van der Waals surface area contributed by atoms with Crippen LogP contribution >= 0.6 is 11.8 Å². The Balaban J connectivity index is 5.18. The van der Waals surface area contributed by atoms with Crippen molar-refractivity contribution in [1.82, 2.24) is 16.0 Å². The first kappa shape index (κ1) is 27.1. The van der Waals surface area contributed by atoms with E-state index in [4.69, 9.17) is 11.5 Å². The molecule has 0 fully saturated rings. The maximum Gasteiger partial charge on any atom is 0.326 e. The van der Waals surface area contributed by atoms with Crippen molar-refractivity contribution in [3.8, 4) is 0 Å². The highest BCUT2D eigenvalue weighted by Gasteiger charge is 2.30. The number of amides is 3. The Labute approximate surface area is 176 Å². The summed E-state index contributed by atoms with van der Waals surface area (Å²) in [7, 11) is 0. The van der Waals surface area contributed by atoms with E-state index in [1.807, 2.05) is 6.26 Å². The van der Waals surface area contributed by atoms with Crippen molar-refractivity contribution in [2.45, 2.75) is 57.7 Å². The van der Waals surface area contributed by atoms with Gasteiger partial charge in [-0.1, -0.05) is 13.8 Å². The third-order valence-electron chi connectivity index (χ3n) is 4.26. The lowest BCUT2D eigenvalue weighted by Crippen LogP contribution is -2.57. The van der Waals surface area contributed by atoms with E-state index in [0.29, 0.717) is 31.6 Å². The Morgan fingerprint density at radius 1 is 0.931 bits per heavy atom. The van der Waals surface area contributed by atoms with Crippen LogP contribution in [0.15, 0.2) is 0 Å². The lowest BCUT2D eigenvalue weighted by atomic mass is 10.0. The molecule has 0 aromatic rings. The summed E-state index contributed by atoms with van der Waals surface area (Å²) >= 11 is 1.48. The number of carboxylic acids is 1. The number of nitrogens with two attached hydrogens (primary N) is 2. The van der Waals surface area contributed by atoms with Gasteiger partial charge in [-0.2, -0.15) is 11.8 Å². The van der Waals surface area contributed by atoms with Crippen molar-refractivity contribution >= 4 is 35.5 Å². The van der Waals surface area contributed by atoms with Crippen LogP contribution in [0.25, 0.3) is 0 Å². The third-order valence-corrected chi connectivity index (χ3v) is 4.90. The number of unbranched alkanes of at least 4 members (excludes halogenated alkanes) is 1. The molecule has 10 nitrogen and oxygen atoms in total. The van der Waals surface area contributed by atoms with Crippen LogP contribution in [0.4, 0.5) is 0 Å². The molecule has 3 unspecified atom stereocenters. The number of carbonyl (C=O) groups excluding carboxylic acids is 3. The summed E-state index contributed by atoms with van der Waals surface area (Å²) in [5, 5.41) is 17.0. The second kappa shape index (κ2) is 15.1. The van der Waals surface area contributed by atoms with E-state index >= 15 is 0 Å². The maximum absolute atomic E-state index is 12.7.